The number of carbonyl (C=O) groups is 1. The van der Waals surface area contributed by atoms with Crippen molar-refractivity contribution in [3.63, 3.8) is 0 Å². The Bertz CT molecular complexity index is 131. The molecule has 3 nitrogen and oxygen atoms in total. The first kappa shape index (κ1) is 16.3. The highest BCUT2D eigenvalue weighted by atomic mass is 79.9. The van der Waals surface area contributed by atoms with Gasteiger partial charge < -0.3 is 27.4 Å². The number of unbranched alkanes of at least 4 members (excludes halogenated alkanes) is 5. The third-order valence-corrected chi connectivity index (χ3v) is 2.08. The van der Waals surface area contributed by atoms with E-state index in [2.05, 4.69) is 6.92 Å². The number of rotatable bonds is 9. The molecule has 14 heavy (non-hydrogen) atoms. The van der Waals surface area contributed by atoms with Crippen LogP contribution in [0.1, 0.15) is 45.4 Å². The second-order valence-electron chi connectivity index (χ2n) is 3.44. The van der Waals surface area contributed by atoms with Crippen molar-refractivity contribution in [2.24, 2.45) is 0 Å². The summed E-state index contributed by atoms with van der Waals surface area (Å²) >= 11 is 0. The summed E-state index contributed by atoms with van der Waals surface area (Å²) in [5.74, 6) is -0.717. The van der Waals surface area contributed by atoms with Crippen LogP contribution in [0.5, 0.6) is 0 Å². The lowest BCUT2D eigenvalue weighted by Crippen LogP contribution is -3.00. The molecule has 0 spiro atoms. The molecule has 0 bridgehead atoms. The normalized spacial score (nSPS) is 9.50. The average Bonchev–Trinajstić information content (AvgIpc) is 2.09. The van der Waals surface area contributed by atoms with Crippen molar-refractivity contribution in [2.75, 3.05) is 13.1 Å². The van der Waals surface area contributed by atoms with Gasteiger partial charge in [-0.05, 0) is 12.8 Å². The fourth-order valence-electron chi connectivity index (χ4n) is 1.29. The van der Waals surface area contributed by atoms with Gasteiger partial charge in [-0.1, -0.05) is 32.6 Å². The Labute approximate surface area is 97.0 Å². The van der Waals surface area contributed by atoms with E-state index in [1.807, 2.05) is 5.32 Å². The fraction of sp³-hybridized carbons (Fsp3) is 0.900. The predicted octanol–water partition coefficient (Wildman–Crippen LogP) is -2.00. The largest absolute Gasteiger partial charge is 1.00 e. The molecule has 0 heterocycles. The molecule has 0 atom stereocenters. The van der Waals surface area contributed by atoms with Crippen LogP contribution in [0.25, 0.3) is 0 Å². The number of nitrogens with two attached hydrogens (primary N) is 1. The van der Waals surface area contributed by atoms with Crippen molar-refractivity contribution in [2.45, 2.75) is 45.4 Å². The topological polar surface area (TPSA) is 53.9 Å². The van der Waals surface area contributed by atoms with Crippen molar-refractivity contribution in [1.29, 1.82) is 0 Å². The quantitative estimate of drug-likeness (QED) is 0.475. The van der Waals surface area contributed by atoms with Crippen molar-refractivity contribution in [3.8, 4) is 0 Å². The van der Waals surface area contributed by atoms with Gasteiger partial charge in [-0.3, -0.25) is 0 Å². The summed E-state index contributed by atoms with van der Waals surface area (Å²) in [6, 6.07) is 0. The summed E-state index contributed by atoms with van der Waals surface area (Å²) in [6.07, 6.45) is 7.64. The second kappa shape index (κ2) is 12.9. The standard InChI is InChI=1S/C10H21NO2.BrH/c1-2-3-4-5-6-7-8-11-9-10(12)13;/h11H,2-9H2,1H3,(H,12,13);1H. The van der Waals surface area contributed by atoms with E-state index >= 15 is 0 Å². The van der Waals surface area contributed by atoms with Crippen LogP contribution in [-0.4, -0.2) is 24.2 Å². The summed E-state index contributed by atoms with van der Waals surface area (Å²) in [4.78, 5) is 10.1. The van der Waals surface area contributed by atoms with Crippen LogP contribution < -0.4 is 22.3 Å². The Morgan fingerprint density at radius 2 is 1.71 bits per heavy atom. The van der Waals surface area contributed by atoms with E-state index in [0.717, 1.165) is 13.0 Å². The Morgan fingerprint density at radius 1 is 1.14 bits per heavy atom. The second-order valence-corrected chi connectivity index (χ2v) is 3.44. The number of halogens is 1. The van der Waals surface area contributed by atoms with Crippen molar-refractivity contribution >= 4 is 5.97 Å². The molecule has 0 aliphatic rings. The van der Waals surface area contributed by atoms with Gasteiger partial charge in [0.25, 0.3) is 0 Å². The Morgan fingerprint density at radius 3 is 2.29 bits per heavy atom. The SMILES string of the molecule is CCCCCCCC[NH2+]CC(=O)O.[Br-]. The van der Waals surface area contributed by atoms with Gasteiger partial charge in [0.1, 0.15) is 0 Å². The summed E-state index contributed by atoms with van der Waals surface area (Å²) in [5, 5.41) is 10.2. The van der Waals surface area contributed by atoms with E-state index in [4.69, 9.17) is 5.11 Å². The fourth-order valence-corrected chi connectivity index (χ4v) is 1.29. The van der Waals surface area contributed by atoms with Crippen LogP contribution in [0.3, 0.4) is 0 Å². The molecule has 86 valence electrons. The summed E-state index contributed by atoms with van der Waals surface area (Å²) in [7, 11) is 0. The number of hydrogen-bond donors (Lipinski definition) is 2. The molecule has 0 aliphatic heterocycles. The molecule has 4 heteroatoms. The maximum absolute atomic E-state index is 10.1. The minimum atomic E-state index is -0.717. The maximum Gasteiger partial charge on any atom is 0.359 e. The van der Waals surface area contributed by atoms with Crippen LogP contribution in [0.2, 0.25) is 0 Å². The Kier molecular flexibility index (Phi) is 15.1. The van der Waals surface area contributed by atoms with Crippen molar-refractivity contribution in [1.82, 2.24) is 0 Å². The van der Waals surface area contributed by atoms with E-state index < -0.39 is 5.97 Å². The molecule has 0 aromatic heterocycles. The average molecular weight is 268 g/mol. The molecule has 0 saturated carbocycles. The first-order valence-electron chi connectivity index (χ1n) is 5.30. The van der Waals surface area contributed by atoms with Crippen LogP contribution >= 0.6 is 0 Å². The highest BCUT2D eigenvalue weighted by Gasteiger charge is 1.97. The Balaban J connectivity index is 0. The van der Waals surface area contributed by atoms with E-state index in [1.54, 1.807) is 0 Å². The lowest BCUT2D eigenvalue weighted by molar-refractivity contribution is -0.645. The zero-order valence-electron chi connectivity index (χ0n) is 8.97. The number of quaternary nitrogens is 1. The summed E-state index contributed by atoms with van der Waals surface area (Å²) < 4.78 is 0. The van der Waals surface area contributed by atoms with Gasteiger partial charge in [0, 0.05) is 0 Å². The van der Waals surface area contributed by atoms with Gasteiger partial charge >= 0.3 is 5.97 Å². The highest BCUT2D eigenvalue weighted by Crippen LogP contribution is 2.03. The smallest absolute Gasteiger partial charge is 0.359 e. The van der Waals surface area contributed by atoms with Gasteiger partial charge in [-0.15, -0.1) is 0 Å². The van der Waals surface area contributed by atoms with Gasteiger partial charge in [-0.25, -0.2) is 4.79 Å². The van der Waals surface area contributed by atoms with Crippen LogP contribution in [-0.2, 0) is 4.79 Å². The predicted molar refractivity (Wildman–Crippen MR) is 52.7 cm³/mol. The molecule has 3 N–H and O–H groups in total. The van der Waals surface area contributed by atoms with Gasteiger partial charge in [0.05, 0.1) is 6.54 Å². The lowest BCUT2D eigenvalue weighted by Gasteiger charge is -1.99. The maximum atomic E-state index is 10.1. The molecule has 0 saturated heterocycles. The number of carboxylic acids is 1. The molecule has 0 aliphatic carbocycles. The van der Waals surface area contributed by atoms with E-state index in [1.165, 1.54) is 32.1 Å². The summed E-state index contributed by atoms with van der Waals surface area (Å²) in [5.41, 5.74) is 0. The van der Waals surface area contributed by atoms with Crippen molar-refractivity contribution < 1.29 is 32.2 Å². The first-order valence-corrected chi connectivity index (χ1v) is 5.30. The number of aliphatic carboxylic acids is 1. The van der Waals surface area contributed by atoms with Crippen LogP contribution in [0.15, 0.2) is 0 Å². The number of carboxylic acid groups (broad SMARTS) is 1. The van der Waals surface area contributed by atoms with E-state index in [0.29, 0.717) is 0 Å². The van der Waals surface area contributed by atoms with E-state index in [9.17, 15) is 4.79 Å². The monoisotopic (exact) mass is 267 g/mol. The lowest BCUT2D eigenvalue weighted by atomic mass is 10.1. The molecule has 0 rings (SSSR count). The zero-order chi connectivity index (χ0) is 9.94. The van der Waals surface area contributed by atoms with Crippen LogP contribution in [0.4, 0.5) is 0 Å². The molecular formula is C10H22BrNO2. The molecule has 0 unspecified atom stereocenters. The number of hydrogen-bond acceptors (Lipinski definition) is 1. The first-order chi connectivity index (χ1) is 6.27. The summed E-state index contributed by atoms with van der Waals surface area (Å²) in [6.45, 7) is 3.38. The van der Waals surface area contributed by atoms with Crippen molar-refractivity contribution in [3.05, 3.63) is 0 Å². The minimum Gasteiger partial charge on any atom is -1.00 e. The van der Waals surface area contributed by atoms with Gasteiger partial charge in [-0.2, -0.15) is 0 Å². The molecule has 0 radical (unpaired) electrons. The van der Waals surface area contributed by atoms with Crippen LogP contribution in [0, 0.1) is 0 Å². The minimum absolute atomic E-state index is 0. The molecule has 0 aromatic carbocycles. The third-order valence-electron chi connectivity index (χ3n) is 2.08. The molecule has 0 fully saturated rings. The Hall–Kier alpha value is -0.0900. The molecule has 0 aromatic rings. The van der Waals surface area contributed by atoms with E-state index in [-0.39, 0.29) is 23.5 Å². The highest BCUT2D eigenvalue weighted by molar-refractivity contribution is 5.67. The van der Waals surface area contributed by atoms with Gasteiger partial charge in [0.2, 0.25) is 0 Å². The molecule has 0 amide bonds. The third kappa shape index (κ3) is 14.4. The molecular weight excluding hydrogens is 246 g/mol. The zero-order valence-corrected chi connectivity index (χ0v) is 10.6. The van der Waals surface area contributed by atoms with Gasteiger partial charge in [0.15, 0.2) is 6.54 Å².